The lowest BCUT2D eigenvalue weighted by atomic mass is 9.92. The van der Waals surface area contributed by atoms with Crippen molar-refractivity contribution in [1.82, 2.24) is 16.0 Å². The molecular weight excluding hydrogens is 641 g/mol. The highest BCUT2D eigenvalue weighted by molar-refractivity contribution is 5.91. The van der Waals surface area contributed by atoms with Gasteiger partial charge in [-0.1, -0.05) is 78.9 Å². The maximum Gasteiger partial charge on any atom is 0.407 e. The van der Waals surface area contributed by atoms with Gasteiger partial charge in [0.05, 0.1) is 17.5 Å². The van der Waals surface area contributed by atoms with Gasteiger partial charge in [0.1, 0.15) is 24.3 Å². The molecule has 2 amide bonds. The topological polar surface area (TPSA) is 94.0 Å². The molecule has 1 saturated carbocycles. The van der Waals surface area contributed by atoms with Crippen molar-refractivity contribution in [3.63, 3.8) is 0 Å². The van der Waals surface area contributed by atoms with Crippen molar-refractivity contribution in [3.05, 3.63) is 95.6 Å². The van der Waals surface area contributed by atoms with Gasteiger partial charge in [-0.2, -0.15) is 31.6 Å². The molecule has 1 fully saturated rings. The molecule has 4 rings (SSSR count). The van der Waals surface area contributed by atoms with Crippen molar-refractivity contribution in [1.29, 1.82) is 5.26 Å². The molecule has 0 saturated heterocycles. The summed E-state index contributed by atoms with van der Waals surface area (Å²) in [4.78, 5) is 25.7. The minimum absolute atomic E-state index is 0.103. The standard InChI is InChI=1S/C35H35F7N4O2/c1-32(2,36)19-28(30(47)45-27(20-43)18-22-6-4-3-5-7-22)46-29(35(40,41)42)25-10-8-23(9-11-25)24-12-14-26(15-13-24)33(16-17-33)31(48)44-21-34(37,38)39/h3-15,27-29,46H,16-19,21H2,1-2H3,(H,44,48)(H,45,47)/t27-,28-,29-/m0/s1. The highest BCUT2D eigenvalue weighted by Gasteiger charge is 2.51. The van der Waals surface area contributed by atoms with E-state index in [2.05, 4.69) is 10.6 Å². The molecule has 3 aromatic carbocycles. The van der Waals surface area contributed by atoms with Crippen molar-refractivity contribution in [3.8, 4) is 17.2 Å². The van der Waals surface area contributed by atoms with Crippen LogP contribution in [0.4, 0.5) is 30.7 Å². The molecule has 256 valence electrons. The molecule has 13 heteroatoms. The average Bonchev–Trinajstić information content (AvgIpc) is 3.83. The number of nitrogens with zero attached hydrogens (tertiary/aromatic N) is 1. The Kier molecular flexibility index (Phi) is 10.9. The van der Waals surface area contributed by atoms with Gasteiger partial charge in [-0.3, -0.25) is 14.9 Å². The van der Waals surface area contributed by atoms with E-state index >= 15 is 0 Å². The van der Waals surface area contributed by atoms with Crippen LogP contribution < -0.4 is 16.0 Å². The highest BCUT2D eigenvalue weighted by Crippen LogP contribution is 2.49. The van der Waals surface area contributed by atoms with Crippen molar-refractivity contribution in [2.24, 2.45) is 0 Å². The first-order valence-electron chi connectivity index (χ1n) is 15.2. The van der Waals surface area contributed by atoms with Crippen LogP contribution >= 0.6 is 0 Å². The van der Waals surface area contributed by atoms with E-state index in [4.69, 9.17) is 0 Å². The summed E-state index contributed by atoms with van der Waals surface area (Å²) in [5, 5.41) is 16.3. The molecule has 0 unspecified atom stereocenters. The Balaban J connectivity index is 1.50. The summed E-state index contributed by atoms with van der Waals surface area (Å²) in [6, 6.07) is 17.4. The predicted octanol–water partition coefficient (Wildman–Crippen LogP) is 7.01. The molecule has 0 heterocycles. The Morgan fingerprint density at radius 2 is 1.42 bits per heavy atom. The first kappa shape index (κ1) is 36.4. The number of benzene rings is 3. The molecule has 1 aliphatic rings. The van der Waals surface area contributed by atoms with Gasteiger partial charge in [0.15, 0.2) is 0 Å². The van der Waals surface area contributed by atoms with E-state index in [1.54, 1.807) is 54.6 Å². The third-order valence-electron chi connectivity index (χ3n) is 8.11. The maximum absolute atomic E-state index is 14.8. The zero-order valence-corrected chi connectivity index (χ0v) is 26.2. The normalized spacial score (nSPS) is 16.2. The fraction of sp³-hybridized carbons (Fsp3) is 0.400. The second kappa shape index (κ2) is 14.4. The monoisotopic (exact) mass is 676 g/mol. The van der Waals surface area contributed by atoms with Crippen LogP contribution in [0.2, 0.25) is 0 Å². The van der Waals surface area contributed by atoms with E-state index in [1.807, 2.05) is 11.4 Å². The first-order chi connectivity index (χ1) is 22.4. The average molecular weight is 677 g/mol. The quantitative estimate of drug-likeness (QED) is 0.170. The van der Waals surface area contributed by atoms with Gasteiger partial charge in [-0.25, -0.2) is 4.39 Å². The number of rotatable bonds is 13. The predicted molar refractivity (Wildman–Crippen MR) is 165 cm³/mol. The lowest BCUT2D eigenvalue weighted by Crippen LogP contribution is -2.53. The molecule has 0 radical (unpaired) electrons. The van der Waals surface area contributed by atoms with Gasteiger partial charge < -0.3 is 10.6 Å². The van der Waals surface area contributed by atoms with Crippen LogP contribution in [0.1, 0.15) is 55.8 Å². The van der Waals surface area contributed by atoms with Crippen LogP contribution in [0.5, 0.6) is 0 Å². The largest absolute Gasteiger partial charge is 0.407 e. The second-order valence-electron chi connectivity index (χ2n) is 12.6. The molecule has 6 nitrogen and oxygen atoms in total. The summed E-state index contributed by atoms with van der Waals surface area (Å²) >= 11 is 0. The second-order valence-corrected chi connectivity index (χ2v) is 12.6. The van der Waals surface area contributed by atoms with Crippen LogP contribution in [-0.4, -0.2) is 48.5 Å². The van der Waals surface area contributed by atoms with Crippen LogP contribution in [0.25, 0.3) is 11.1 Å². The fourth-order valence-corrected chi connectivity index (χ4v) is 5.52. The smallest absolute Gasteiger partial charge is 0.346 e. The van der Waals surface area contributed by atoms with Gasteiger partial charge in [-0.05, 0) is 54.5 Å². The number of alkyl halides is 7. The summed E-state index contributed by atoms with van der Waals surface area (Å²) in [7, 11) is 0. The van der Waals surface area contributed by atoms with Crippen LogP contribution in [0.3, 0.4) is 0 Å². The molecule has 0 bridgehead atoms. The molecular formula is C35H35F7N4O2. The van der Waals surface area contributed by atoms with Gasteiger partial charge >= 0.3 is 12.4 Å². The summed E-state index contributed by atoms with van der Waals surface area (Å²) in [5.41, 5.74) is -0.948. The van der Waals surface area contributed by atoms with Gasteiger partial charge in [0, 0.05) is 12.8 Å². The highest BCUT2D eigenvalue weighted by atomic mass is 19.4. The van der Waals surface area contributed by atoms with E-state index < -0.39 is 66.3 Å². The molecule has 3 N–H and O–H groups in total. The number of carbonyl (C=O) groups is 2. The minimum atomic E-state index is -4.88. The molecule has 0 spiro atoms. The number of hydrogen-bond acceptors (Lipinski definition) is 4. The SMILES string of the molecule is CC(C)(F)C[C@H](N[C@@H](c1ccc(-c2ccc(C3(C(=O)NCC(F)(F)F)CC3)cc2)cc1)C(F)(F)F)C(=O)N[C@H](C#N)Cc1ccccc1. The molecule has 48 heavy (non-hydrogen) atoms. The Morgan fingerprint density at radius 1 is 0.854 bits per heavy atom. The van der Waals surface area contributed by atoms with E-state index in [1.165, 1.54) is 24.3 Å². The van der Waals surface area contributed by atoms with Crippen molar-refractivity contribution < 1.29 is 40.3 Å². The van der Waals surface area contributed by atoms with E-state index in [-0.39, 0.29) is 12.0 Å². The van der Waals surface area contributed by atoms with Gasteiger partial charge in [0.2, 0.25) is 11.8 Å². The number of nitriles is 1. The van der Waals surface area contributed by atoms with Crippen molar-refractivity contribution >= 4 is 11.8 Å². The van der Waals surface area contributed by atoms with E-state index in [0.717, 1.165) is 19.4 Å². The Labute approximate surface area is 273 Å². The molecule has 0 aliphatic heterocycles. The number of amides is 2. The van der Waals surface area contributed by atoms with Crippen molar-refractivity contribution in [2.75, 3.05) is 6.54 Å². The van der Waals surface area contributed by atoms with E-state index in [0.29, 0.717) is 29.5 Å². The Bertz CT molecular complexity index is 1590. The lowest BCUT2D eigenvalue weighted by Gasteiger charge is -2.30. The Hall–Kier alpha value is -4.44. The molecule has 3 atom stereocenters. The van der Waals surface area contributed by atoms with Crippen molar-refractivity contribution in [2.45, 2.75) is 81.1 Å². The lowest BCUT2D eigenvalue weighted by molar-refractivity contribution is -0.161. The first-order valence-corrected chi connectivity index (χ1v) is 15.2. The fourth-order valence-electron chi connectivity index (χ4n) is 5.52. The van der Waals surface area contributed by atoms with Gasteiger partial charge in [-0.15, -0.1) is 0 Å². The van der Waals surface area contributed by atoms with Crippen LogP contribution in [0.15, 0.2) is 78.9 Å². The minimum Gasteiger partial charge on any atom is -0.346 e. The molecule has 3 aromatic rings. The maximum atomic E-state index is 14.8. The van der Waals surface area contributed by atoms with Crippen LogP contribution in [0, 0.1) is 11.3 Å². The van der Waals surface area contributed by atoms with Crippen LogP contribution in [-0.2, 0) is 21.4 Å². The van der Waals surface area contributed by atoms with E-state index in [9.17, 15) is 45.6 Å². The summed E-state index contributed by atoms with van der Waals surface area (Å²) in [5.74, 6) is -1.67. The third-order valence-corrected chi connectivity index (χ3v) is 8.11. The summed E-state index contributed by atoms with van der Waals surface area (Å²) < 4.78 is 95.7. The number of halogens is 7. The molecule has 1 aliphatic carbocycles. The molecule has 0 aromatic heterocycles. The third kappa shape index (κ3) is 9.79. The zero-order chi connectivity index (χ0) is 35.3. The number of nitrogens with one attached hydrogen (secondary N) is 3. The number of carbonyl (C=O) groups excluding carboxylic acids is 2. The summed E-state index contributed by atoms with van der Waals surface area (Å²) in [6.45, 7) is 0.851. The summed E-state index contributed by atoms with van der Waals surface area (Å²) in [6.07, 6.45) is -9.14. The zero-order valence-electron chi connectivity index (χ0n) is 26.2. The number of hydrogen-bond donors (Lipinski definition) is 3. The van der Waals surface area contributed by atoms with Gasteiger partial charge in [0.25, 0.3) is 0 Å². The Morgan fingerprint density at radius 3 is 1.90 bits per heavy atom.